The van der Waals surface area contributed by atoms with Crippen LogP contribution in [0.1, 0.15) is 12.0 Å². The monoisotopic (exact) mass is 241 g/mol. The number of aryl methyl sites for hydroxylation is 1. The van der Waals surface area contributed by atoms with E-state index in [9.17, 15) is 4.79 Å². The van der Waals surface area contributed by atoms with Crippen LogP contribution in [-0.4, -0.2) is 23.9 Å². The van der Waals surface area contributed by atoms with Gasteiger partial charge < -0.3 is 10.6 Å². The molecule has 0 heterocycles. The van der Waals surface area contributed by atoms with E-state index in [1.165, 1.54) is 4.90 Å². The number of hydrogen-bond acceptors (Lipinski definition) is 3. The van der Waals surface area contributed by atoms with Gasteiger partial charge in [-0.15, -0.1) is 6.42 Å². The quantitative estimate of drug-likeness (QED) is 0.478. The fourth-order valence-electron chi connectivity index (χ4n) is 1.59. The van der Waals surface area contributed by atoms with Crippen LogP contribution in [0.25, 0.3) is 0 Å². The fourth-order valence-corrected chi connectivity index (χ4v) is 1.59. The molecule has 0 unspecified atom stereocenters. The molecule has 0 aromatic heterocycles. The number of anilines is 1. The molecule has 0 aliphatic heterocycles. The van der Waals surface area contributed by atoms with Gasteiger partial charge in [-0.25, -0.2) is 0 Å². The molecule has 2 N–H and O–H groups in total. The maximum atomic E-state index is 11.8. The first-order chi connectivity index (χ1) is 8.67. The molecule has 1 aromatic carbocycles. The number of benzene rings is 1. The predicted octanol–water partition coefficient (Wildman–Crippen LogP) is 1.19. The number of hydrogen-bond donors (Lipinski definition) is 1. The molecule has 4 heteroatoms. The number of carbonyl (C=O) groups excluding carboxylic acids is 1. The van der Waals surface area contributed by atoms with Crippen LogP contribution in [0.3, 0.4) is 0 Å². The minimum Gasteiger partial charge on any atom is -0.399 e. The van der Waals surface area contributed by atoms with Crippen LogP contribution in [0.4, 0.5) is 5.69 Å². The van der Waals surface area contributed by atoms with Crippen molar-refractivity contribution in [2.75, 3.05) is 18.8 Å². The summed E-state index contributed by atoms with van der Waals surface area (Å²) in [5.41, 5.74) is 7.33. The SMILES string of the molecule is C#CCN(CC#N)C(=O)CCc1cccc(N)c1. The van der Waals surface area contributed by atoms with Gasteiger partial charge >= 0.3 is 0 Å². The Morgan fingerprint density at radius 2 is 2.22 bits per heavy atom. The maximum Gasteiger partial charge on any atom is 0.224 e. The summed E-state index contributed by atoms with van der Waals surface area (Å²) in [6.45, 7) is 0.198. The van der Waals surface area contributed by atoms with Gasteiger partial charge in [-0.05, 0) is 24.1 Å². The van der Waals surface area contributed by atoms with Crippen molar-refractivity contribution >= 4 is 11.6 Å². The van der Waals surface area contributed by atoms with Crippen molar-refractivity contribution in [3.05, 3.63) is 29.8 Å². The highest BCUT2D eigenvalue weighted by Crippen LogP contribution is 2.09. The minimum atomic E-state index is -0.114. The van der Waals surface area contributed by atoms with Crippen LogP contribution < -0.4 is 5.73 Å². The molecule has 4 nitrogen and oxygen atoms in total. The highest BCUT2D eigenvalue weighted by Gasteiger charge is 2.11. The van der Waals surface area contributed by atoms with Gasteiger partial charge in [0, 0.05) is 12.1 Å². The van der Waals surface area contributed by atoms with Crippen molar-refractivity contribution < 1.29 is 4.79 Å². The molecule has 1 amide bonds. The zero-order valence-corrected chi connectivity index (χ0v) is 10.1. The number of amides is 1. The van der Waals surface area contributed by atoms with Crippen LogP contribution in [0.15, 0.2) is 24.3 Å². The topological polar surface area (TPSA) is 70.1 Å². The summed E-state index contributed by atoms with van der Waals surface area (Å²) < 4.78 is 0. The highest BCUT2D eigenvalue weighted by molar-refractivity contribution is 5.77. The second-order valence-corrected chi connectivity index (χ2v) is 3.86. The van der Waals surface area contributed by atoms with Gasteiger partial charge in [0.05, 0.1) is 12.6 Å². The summed E-state index contributed by atoms with van der Waals surface area (Å²) in [5.74, 6) is 2.26. The lowest BCUT2D eigenvalue weighted by Crippen LogP contribution is -2.31. The second kappa shape index (κ2) is 6.98. The Morgan fingerprint density at radius 3 is 2.83 bits per heavy atom. The first kappa shape index (κ1) is 13.6. The Hall–Kier alpha value is -2.46. The Kier molecular flexibility index (Phi) is 5.28. The summed E-state index contributed by atoms with van der Waals surface area (Å²) in [7, 11) is 0. The van der Waals surface area contributed by atoms with E-state index >= 15 is 0 Å². The lowest BCUT2D eigenvalue weighted by Gasteiger charge is -2.16. The second-order valence-electron chi connectivity index (χ2n) is 3.86. The van der Waals surface area contributed by atoms with Gasteiger partial charge in [-0.2, -0.15) is 5.26 Å². The van der Waals surface area contributed by atoms with Gasteiger partial charge in [-0.1, -0.05) is 18.1 Å². The maximum absolute atomic E-state index is 11.8. The molecule has 18 heavy (non-hydrogen) atoms. The normalized spacial score (nSPS) is 9.22. The summed E-state index contributed by atoms with van der Waals surface area (Å²) >= 11 is 0. The fraction of sp³-hybridized carbons (Fsp3) is 0.286. The molecular weight excluding hydrogens is 226 g/mol. The van der Waals surface area contributed by atoms with Gasteiger partial charge in [0.2, 0.25) is 5.91 Å². The number of nitriles is 1. The molecular formula is C14H15N3O. The van der Waals surface area contributed by atoms with Gasteiger partial charge in [0.15, 0.2) is 0 Å². The van der Waals surface area contributed by atoms with E-state index < -0.39 is 0 Å². The molecule has 1 rings (SSSR count). The van der Waals surface area contributed by atoms with E-state index in [0.717, 1.165) is 5.56 Å². The molecule has 0 bridgehead atoms. The third kappa shape index (κ3) is 4.19. The summed E-state index contributed by atoms with van der Waals surface area (Å²) in [6.07, 6.45) is 6.07. The predicted molar refractivity (Wildman–Crippen MR) is 70.2 cm³/mol. The number of terminal acetylenes is 1. The Balaban J connectivity index is 2.54. The van der Waals surface area contributed by atoms with E-state index in [2.05, 4.69) is 5.92 Å². The Labute approximate surface area is 107 Å². The van der Waals surface area contributed by atoms with Crippen molar-refractivity contribution in [2.45, 2.75) is 12.8 Å². The molecule has 92 valence electrons. The molecule has 0 aliphatic carbocycles. The van der Waals surface area contributed by atoms with Gasteiger partial charge in [0.25, 0.3) is 0 Å². The lowest BCUT2D eigenvalue weighted by molar-refractivity contribution is -0.129. The summed E-state index contributed by atoms with van der Waals surface area (Å²) in [4.78, 5) is 13.2. The van der Waals surface area contributed by atoms with Crippen molar-refractivity contribution in [1.82, 2.24) is 4.90 Å². The summed E-state index contributed by atoms with van der Waals surface area (Å²) in [5, 5.41) is 8.60. The average molecular weight is 241 g/mol. The van der Waals surface area contributed by atoms with E-state index in [0.29, 0.717) is 18.5 Å². The van der Waals surface area contributed by atoms with Crippen molar-refractivity contribution in [2.24, 2.45) is 0 Å². The van der Waals surface area contributed by atoms with Crippen LogP contribution in [-0.2, 0) is 11.2 Å². The van der Waals surface area contributed by atoms with Crippen LogP contribution in [0, 0.1) is 23.7 Å². The zero-order chi connectivity index (χ0) is 13.4. The van der Waals surface area contributed by atoms with Crippen molar-refractivity contribution in [1.29, 1.82) is 5.26 Å². The van der Waals surface area contributed by atoms with E-state index in [-0.39, 0.29) is 19.0 Å². The largest absolute Gasteiger partial charge is 0.399 e. The number of nitrogens with zero attached hydrogens (tertiary/aromatic N) is 2. The molecule has 0 saturated carbocycles. The van der Waals surface area contributed by atoms with E-state index in [4.69, 9.17) is 17.4 Å². The van der Waals surface area contributed by atoms with Crippen molar-refractivity contribution in [3.8, 4) is 18.4 Å². The third-order valence-electron chi connectivity index (χ3n) is 2.48. The first-order valence-corrected chi connectivity index (χ1v) is 5.60. The molecule has 0 spiro atoms. The first-order valence-electron chi connectivity index (χ1n) is 5.60. The van der Waals surface area contributed by atoms with Crippen LogP contribution in [0.2, 0.25) is 0 Å². The Morgan fingerprint density at radius 1 is 1.44 bits per heavy atom. The molecule has 1 aromatic rings. The number of nitrogen functional groups attached to an aromatic ring is 1. The highest BCUT2D eigenvalue weighted by atomic mass is 16.2. The molecule has 0 atom stereocenters. The van der Waals surface area contributed by atoms with Gasteiger partial charge in [0.1, 0.15) is 6.54 Å². The molecule has 0 saturated heterocycles. The third-order valence-corrected chi connectivity index (χ3v) is 2.48. The Bertz CT molecular complexity index is 480. The standard InChI is InChI=1S/C14H15N3O/c1-2-9-17(10-8-15)14(18)7-6-12-4-3-5-13(16)11-12/h1,3-5,11H,6-7,9-10,16H2. The molecule has 0 fully saturated rings. The number of rotatable bonds is 5. The van der Waals surface area contributed by atoms with E-state index in [1.807, 2.05) is 24.3 Å². The summed E-state index contributed by atoms with van der Waals surface area (Å²) in [6, 6.07) is 9.33. The molecule has 0 aliphatic rings. The lowest BCUT2D eigenvalue weighted by atomic mass is 10.1. The zero-order valence-electron chi connectivity index (χ0n) is 10.1. The smallest absolute Gasteiger partial charge is 0.224 e. The molecule has 0 radical (unpaired) electrons. The van der Waals surface area contributed by atoms with Crippen LogP contribution >= 0.6 is 0 Å². The van der Waals surface area contributed by atoms with E-state index in [1.54, 1.807) is 6.07 Å². The number of nitrogens with two attached hydrogens (primary N) is 1. The van der Waals surface area contributed by atoms with Crippen LogP contribution in [0.5, 0.6) is 0 Å². The van der Waals surface area contributed by atoms with Gasteiger partial charge in [-0.3, -0.25) is 4.79 Å². The average Bonchev–Trinajstić information content (AvgIpc) is 2.36. The number of carbonyl (C=O) groups is 1. The van der Waals surface area contributed by atoms with Crippen molar-refractivity contribution in [3.63, 3.8) is 0 Å². The minimum absolute atomic E-state index is 0.0277.